The van der Waals surface area contributed by atoms with E-state index in [4.69, 9.17) is 4.74 Å². The van der Waals surface area contributed by atoms with Crippen molar-refractivity contribution in [3.8, 4) is 0 Å². The number of benzene rings is 3. The summed E-state index contributed by atoms with van der Waals surface area (Å²) in [5, 5.41) is 0. The molecule has 4 rings (SSSR count). The Morgan fingerprint density at radius 3 is 2.25 bits per heavy atom. The van der Waals surface area contributed by atoms with E-state index < -0.39 is 5.97 Å². The van der Waals surface area contributed by atoms with Crippen molar-refractivity contribution >= 4 is 17.5 Å². The zero-order valence-electron chi connectivity index (χ0n) is 15.6. The SMILES string of the molecule is Cc1ccc(C)c(COC(=O)c2cccc3c2C(=O)c2ccccc2C3=O)c1. The van der Waals surface area contributed by atoms with Crippen molar-refractivity contribution in [1.82, 2.24) is 0 Å². The number of aryl methyl sites for hydroxylation is 2. The Labute approximate surface area is 162 Å². The van der Waals surface area contributed by atoms with Gasteiger partial charge in [-0.3, -0.25) is 9.59 Å². The van der Waals surface area contributed by atoms with E-state index in [0.717, 1.165) is 16.7 Å². The van der Waals surface area contributed by atoms with Gasteiger partial charge in [-0.1, -0.05) is 60.2 Å². The third-order valence-corrected chi connectivity index (χ3v) is 5.04. The van der Waals surface area contributed by atoms with Crippen LogP contribution < -0.4 is 0 Å². The monoisotopic (exact) mass is 370 g/mol. The molecule has 0 spiro atoms. The molecule has 0 aliphatic heterocycles. The Kier molecular flexibility index (Phi) is 4.40. The molecule has 4 heteroatoms. The number of ketones is 2. The van der Waals surface area contributed by atoms with Gasteiger partial charge in [0.1, 0.15) is 6.61 Å². The Hall–Kier alpha value is -3.53. The standard InChI is InChI=1S/C24H18O4/c1-14-10-11-15(2)16(12-14)13-28-24(27)20-9-5-8-19-21(20)23(26)18-7-4-3-6-17(18)22(19)25/h3-12H,13H2,1-2H3. The van der Waals surface area contributed by atoms with Gasteiger partial charge >= 0.3 is 5.97 Å². The molecule has 3 aromatic carbocycles. The third kappa shape index (κ3) is 2.93. The second-order valence-corrected chi connectivity index (χ2v) is 6.94. The Morgan fingerprint density at radius 2 is 1.50 bits per heavy atom. The first-order valence-electron chi connectivity index (χ1n) is 9.02. The molecule has 138 valence electrons. The molecular weight excluding hydrogens is 352 g/mol. The van der Waals surface area contributed by atoms with Gasteiger partial charge in [0.15, 0.2) is 11.6 Å². The van der Waals surface area contributed by atoms with Crippen molar-refractivity contribution in [2.75, 3.05) is 0 Å². The van der Waals surface area contributed by atoms with Crippen LogP contribution in [0.2, 0.25) is 0 Å². The molecule has 28 heavy (non-hydrogen) atoms. The second kappa shape index (κ2) is 6.89. The van der Waals surface area contributed by atoms with Gasteiger partial charge in [0, 0.05) is 22.3 Å². The Bertz CT molecular complexity index is 1140. The number of hydrogen-bond acceptors (Lipinski definition) is 4. The lowest BCUT2D eigenvalue weighted by molar-refractivity contribution is 0.0469. The molecule has 0 saturated heterocycles. The van der Waals surface area contributed by atoms with E-state index in [0.29, 0.717) is 11.1 Å². The molecule has 0 heterocycles. The molecule has 1 aliphatic rings. The third-order valence-electron chi connectivity index (χ3n) is 5.04. The fourth-order valence-corrected chi connectivity index (χ4v) is 3.49. The van der Waals surface area contributed by atoms with Gasteiger partial charge in [-0.15, -0.1) is 0 Å². The minimum atomic E-state index is -0.613. The molecule has 0 saturated carbocycles. The molecule has 0 unspecified atom stereocenters. The molecule has 0 N–H and O–H groups in total. The van der Waals surface area contributed by atoms with Crippen molar-refractivity contribution in [2.24, 2.45) is 0 Å². The fraction of sp³-hybridized carbons (Fsp3) is 0.125. The lowest BCUT2D eigenvalue weighted by Crippen LogP contribution is -2.24. The van der Waals surface area contributed by atoms with E-state index in [1.165, 1.54) is 6.07 Å². The lowest BCUT2D eigenvalue weighted by atomic mass is 9.82. The van der Waals surface area contributed by atoms with Gasteiger partial charge in [0.25, 0.3) is 0 Å². The predicted octanol–water partition coefficient (Wildman–Crippen LogP) is 4.44. The zero-order valence-corrected chi connectivity index (χ0v) is 15.6. The lowest BCUT2D eigenvalue weighted by Gasteiger charge is -2.19. The molecule has 0 fully saturated rings. The van der Waals surface area contributed by atoms with Crippen LogP contribution in [-0.4, -0.2) is 17.5 Å². The number of carbonyl (C=O) groups excluding carboxylic acids is 3. The van der Waals surface area contributed by atoms with E-state index >= 15 is 0 Å². The quantitative estimate of drug-likeness (QED) is 0.500. The van der Waals surface area contributed by atoms with E-state index in [9.17, 15) is 14.4 Å². The van der Waals surface area contributed by atoms with Crippen LogP contribution in [0.15, 0.2) is 60.7 Å². The summed E-state index contributed by atoms with van der Waals surface area (Å²) >= 11 is 0. The number of fused-ring (bicyclic) bond motifs is 2. The van der Waals surface area contributed by atoms with Crippen molar-refractivity contribution in [2.45, 2.75) is 20.5 Å². The van der Waals surface area contributed by atoms with E-state index in [1.54, 1.807) is 36.4 Å². The average Bonchev–Trinajstić information content (AvgIpc) is 2.72. The minimum absolute atomic E-state index is 0.106. The normalized spacial score (nSPS) is 12.4. The molecule has 0 amide bonds. The molecule has 0 radical (unpaired) electrons. The van der Waals surface area contributed by atoms with Crippen LogP contribution >= 0.6 is 0 Å². The molecule has 0 atom stereocenters. The predicted molar refractivity (Wildman–Crippen MR) is 105 cm³/mol. The summed E-state index contributed by atoms with van der Waals surface area (Å²) in [6.45, 7) is 4.03. The van der Waals surface area contributed by atoms with Crippen molar-refractivity contribution in [1.29, 1.82) is 0 Å². The molecular formula is C24H18O4. The Morgan fingerprint density at radius 1 is 0.821 bits per heavy atom. The zero-order chi connectivity index (χ0) is 19.8. The number of rotatable bonds is 3. The average molecular weight is 370 g/mol. The van der Waals surface area contributed by atoms with Crippen LogP contribution in [0.3, 0.4) is 0 Å². The summed E-state index contributed by atoms with van der Waals surface area (Å²) in [6.07, 6.45) is 0. The van der Waals surface area contributed by atoms with Gasteiger partial charge in [0.2, 0.25) is 0 Å². The highest BCUT2D eigenvalue weighted by Crippen LogP contribution is 2.30. The molecule has 3 aromatic rings. The molecule has 0 aromatic heterocycles. The smallest absolute Gasteiger partial charge is 0.339 e. The summed E-state index contributed by atoms with van der Waals surface area (Å²) < 4.78 is 5.49. The maximum absolute atomic E-state index is 13.0. The number of hydrogen-bond donors (Lipinski definition) is 0. The van der Waals surface area contributed by atoms with Crippen molar-refractivity contribution in [3.05, 3.63) is 105 Å². The largest absolute Gasteiger partial charge is 0.457 e. The number of carbonyl (C=O) groups is 3. The summed E-state index contributed by atoms with van der Waals surface area (Å²) in [4.78, 5) is 38.5. The highest BCUT2D eigenvalue weighted by atomic mass is 16.5. The minimum Gasteiger partial charge on any atom is -0.457 e. The van der Waals surface area contributed by atoms with Crippen LogP contribution in [0.4, 0.5) is 0 Å². The second-order valence-electron chi connectivity index (χ2n) is 6.94. The first-order valence-corrected chi connectivity index (χ1v) is 9.02. The van der Waals surface area contributed by atoms with Crippen LogP contribution in [0.5, 0.6) is 0 Å². The maximum atomic E-state index is 13.0. The fourth-order valence-electron chi connectivity index (χ4n) is 3.49. The summed E-state index contributed by atoms with van der Waals surface area (Å²) in [6, 6.07) is 17.3. The first kappa shape index (κ1) is 17.9. The van der Waals surface area contributed by atoms with Gasteiger partial charge < -0.3 is 4.74 Å². The molecule has 4 nitrogen and oxygen atoms in total. The van der Waals surface area contributed by atoms with Crippen LogP contribution in [0, 0.1) is 13.8 Å². The van der Waals surface area contributed by atoms with Crippen LogP contribution in [-0.2, 0) is 11.3 Å². The van der Waals surface area contributed by atoms with E-state index in [-0.39, 0.29) is 34.9 Å². The summed E-state index contributed by atoms with van der Waals surface area (Å²) in [5.74, 6) is -1.20. The van der Waals surface area contributed by atoms with Crippen molar-refractivity contribution in [3.63, 3.8) is 0 Å². The van der Waals surface area contributed by atoms with Crippen LogP contribution in [0.25, 0.3) is 0 Å². The van der Waals surface area contributed by atoms with E-state index in [1.807, 2.05) is 32.0 Å². The van der Waals surface area contributed by atoms with Crippen LogP contribution in [0.1, 0.15) is 58.9 Å². The Balaban J connectivity index is 1.68. The summed E-state index contributed by atoms with van der Waals surface area (Å²) in [7, 11) is 0. The van der Waals surface area contributed by atoms with E-state index in [2.05, 4.69) is 0 Å². The topological polar surface area (TPSA) is 60.4 Å². The van der Waals surface area contributed by atoms with Gasteiger partial charge in [-0.25, -0.2) is 4.79 Å². The molecule has 1 aliphatic carbocycles. The molecule has 0 bridgehead atoms. The van der Waals surface area contributed by atoms with Gasteiger partial charge in [-0.2, -0.15) is 0 Å². The number of esters is 1. The highest BCUT2D eigenvalue weighted by Gasteiger charge is 2.33. The number of ether oxygens (including phenoxy) is 1. The first-order chi connectivity index (χ1) is 13.5. The maximum Gasteiger partial charge on any atom is 0.339 e. The summed E-state index contributed by atoms with van der Waals surface area (Å²) in [5.41, 5.74) is 4.17. The van der Waals surface area contributed by atoms with Crippen molar-refractivity contribution < 1.29 is 19.1 Å². The van der Waals surface area contributed by atoms with Gasteiger partial charge in [0.05, 0.1) is 5.56 Å². The van der Waals surface area contributed by atoms with Gasteiger partial charge in [-0.05, 0) is 31.0 Å². The highest BCUT2D eigenvalue weighted by molar-refractivity contribution is 6.30.